The number of hydrogen-bond donors (Lipinski definition) is 1. The number of hydrazone groups is 1. The van der Waals surface area contributed by atoms with Gasteiger partial charge in [-0.2, -0.15) is 10.4 Å². The number of aromatic nitrogens is 1. The van der Waals surface area contributed by atoms with Gasteiger partial charge in [-0.15, -0.1) is 0 Å². The van der Waals surface area contributed by atoms with Crippen LogP contribution in [0.25, 0.3) is 32.6 Å². The van der Waals surface area contributed by atoms with Gasteiger partial charge in [0.05, 0.1) is 17.8 Å². The number of nitrogens with zero attached hydrogens (tertiary/aromatic N) is 3. The van der Waals surface area contributed by atoms with E-state index >= 15 is 0 Å². The lowest BCUT2D eigenvalue weighted by molar-refractivity contribution is 0.0929. The summed E-state index contributed by atoms with van der Waals surface area (Å²) in [4.78, 5) is 12.9. The molecule has 0 fully saturated rings. The zero-order valence-electron chi connectivity index (χ0n) is 20.1. The van der Waals surface area contributed by atoms with Gasteiger partial charge in [0.1, 0.15) is 5.58 Å². The Morgan fingerprint density at radius 1 is 0.973 bits per heavy atom. The van der Waals surface area contributed by atoms with E-state index in [4.69, 9.17) is 4.42 Å². The van der Waals surface area contributed by atoms with Gasteiger partial charge in [0.25, 0.3) is 0 Å². The maximum absolute atomic E-state index is 12.9. The molecule has 6 heteroatoms. The van der Waals surface area contributed by atoms with E-state index in [9.17, 15) is 10.1 Å². The number of hydrogen-bond acceptors (Lipinski definition) is 4. The fraction of sp³-hybridized carbons (Fsp3) is 0.0645. The molecular formula is C31H22N4O2. The quantitative estimate of drug-likeness (QED) is 0.224. The number of carbonyl (C=O) groups is 1. The largest absolute Gasteiger partial charge is 0.451 e. The van der Waals surface area contributed by atoms with Crippen LogP contribution >= 0.6 is 0 Å². The van der Waals surface area contributed by atoms with Crippen LogP contribution < -0.4 is 5.43 Å². The van der Waals surface area contributed by atoms with Crippen molar-refractivity contribution in [3.63, 3.8) is 0 Å². The summed E-state index contributed by atoms with van der Waals surface area (Å²) >= 11 is 0. The molecule has 2 heterocycles. The van der Waals surface area contributed by atoms with Gasteiger partial charge < -0.3 is 8.98 Å². The van der Waals surface area contributed by atoms with Gasteiger partial charge in [-0.3, -0.25) is 4.79 Å². The second-order valence-electron chi connectivity index (χ2n) is 8.88. The van der Waals surface area contributed by atoms with E-state index in [-0.39, 0.29) is 5.76 Å². The Morgan fingerprint density at radius 2 is 1.73 bits per heavy atom. The Kier molecular flexibility index (Phi) is 5.51. The molecule has 1 N–H and O–H groups in total. The Balaban J connectivity index is 1.30. The van der Waals surface area contributed by atoms with Crippen LogP contribution in [0.2, 0.25) is 0 Å². The lowest BCUT2D eigenvalue weighted by atomic mass is 10.1. The molecule has 2 aromatic heterocycles. The van der Waals surface area contributed by atoms with Crippen LogP contribution in [0.3, 0.4) is 0 Å². The van der Waals surface area contributed by atoms with Gasteiger partial charge in [0.2, 0.25) is 0 Å². The summed E-state index contributed by atoms with van der Waals surface area (Å²) in [6.07, 6.45) is 1.67. The average molecular weight is 483 g/mol. The first-order chi connectivity index (χ1) is 18.1. The molecule has 1 amide bonds. The smallest absolute Gasteiger partial charge is 0.307 e. The highest BCUT2D eigenvalue weighted by molar-refractivity contribution is 6.08. The third kappa shape index (κ3) is 3.93. The highest BCUT2D eigenvalue weighted by Gasteiger charge is 2.16. The van der Waals surface area contributed by atoms with Gasteiger partial charge in [0, 0.05) is 34.1 Å². The van der Waals surface area contributed by atoms with Crippen LogP contribution in [-0.4, -0.2) is 16.7 Å². The second kappa shape index (κ2) is 9.14. The van der Waals surface area contributed by atoms with Gasteiger partial charge in [0.15, 0.2) is 5.76 Å². The Hall–Kier alpha value is -5.15. The molecule has 6 rings (SSSR count). The Morgan fingerprint density at radius 3 is 2.59 bits per heavy atom. The summed E-state index contributed by atoms with van der Waals surface area (Å²) in [7, 11) is 0. The zero-order valence-corrected chi connectivity index (χ0v) is 20.1. The molecule has 0 saturated carbocycles. The summed E-state index contributed by atoms with van der Waals surface area (Å²) in [5.41, 5.74) is 7.79. The standard InChI is InChI=1S/C31H22N4O2/c1-20-27(25-12-6-7-13-28(25)35(20)19-23-10-3-2-9-22(23)17-32)18-33-34-31(36)30-16-26-24-11-5-4-8-21(24)14-15-29(26)37-30/h2-16,18H,19H2,1H3,(H,34,36)/b33-18+. The SMILES string of the molecule is Cc1c(/C=N/NC(=O)c2cc3c(ccc4ccccc43)o2)c2ccccc2n1Cc1ccccc1C#N. The van der Waals surface area contributed by atoms with Gasteiger partial charge in [-0.05, 0) is 47.5 Å². The van der Waals surface area contributed by atoms with E-state index in [0.717, 1.165) is 43.9 Å². The average Bonchev–Trinajstić information content (AvgIpc) is 3.49. The number of fused-ring (bicyclic) bond motifs is 4. The molecule has 0 aliphatic heterocycles. The minimum absolute atomic E-state index is 0.204. The first-order valence-electron chi connectivity index (χ1n) is 11.9. The van der Waals surface area contributed by atoms with Crippen molar-refractivity contribution < 1.29 is 9.21 Å². The predicted octanol–water partition coefficient (Wildman–Crippen LogP) is 6.53. The number of nitrogens with one attached hydrogen (secondary N) is 1. The Bertz CT molecular complexity index is 1880. The lowest BCUT2D eigenvalue weighted by Gasteiger charge is -2.10. The van der Waals surface area contributed by atoms with Gasteiger partial charge in [-0.1, -0.05) is 66.7 Å². The van der Waals surface area contributed by atoms with Crippen molar-refractivity contribution in [1.29, 1.82) is 5.26 Å². The van der Waals surface area contributed by atoms with E-state index in [1.807, 2.05) is 91.9 Å². The predicted molar refractivity (Wildman–Crippen MR) is 146 cm³/mol. The summed E-state index contributed by atoms with van der Waals surface area (Å²) < 4.78 is 7.98. The topological polar surface area (TPSA) is 83.3 Å². The molecular weight excluding hydrogens is 460 g/mol. The molecule has 0 aliphatic carbocycles. The fourth-order valence-corrected chi connectivity index (χ4v) is 4.88. The molecule has 37 heavy (non-hydrogen) atoms. The molecule has 0 saturated heterocycles. The van der Waals surface area contributed by atoms with Crippen molar-refractivity contribution >= 4 is 44.8 Å². The monoisotopic (exact) mass is 482 g/mol. The van der Waals surface area contributed by atoms with Crippen LogP contribution in [0, 0.1) is 18.3 Å². The highest BCUT2D eigenvalue weighted by Crippen LogP contribution is 2.29. The van der Waals surface area contributed by atoms with Gasteiger partial charge >= 0.3 is 5.91 Å². The van der Waals surface area contributed by atoms with E-state index in [1.165, 1.54) is 0 Å². The van der Waals surface area contributed by atoms with Crippen molar-refractivity contribution in [2.45, 2.75) is 13.5 Å². The summed E-state index contributed by atoms with van der Waals surface area (Å²) in [6, 6.07) is 31.5. The number of para-hydroxylation sites is 1. The normalized spacial score (nSPS) is 11.5. The summed E-state index contributed by atoms with van der Waals surface area (Å²) in [5.74, 6) is -0.211. The third-order valence-corrected chi connectivity index (χ3v) is 6.76. The number of nitriles is 1. The molecule has 0 spiro atoms. The summed E-state index contributed by atoms with van der Waals surface area (Å²) in [6.45, 7) is 2.58. The van der Waals surface area contributed by atoms with Crippen molar-refractivity contribution in [1.82, 2.24) is 9.99 Å². The van der Waals surface area contributed by atoms with Crippen LogP contribution in [0.5, 0.6) is 0 Å². The maximum atomic E-state index is 12.9. The lowest BCUT2D eigenvalue weighted by Crippen LogP contribution is -2.16. The minimum atomic E-state index is -0.416. The highest BCUT2D eigenvalue weighted by atomic mass is 16.3. The van der Waals surface area contributed by atoms with E-state index < -0.39 is 5.91 Å². The van der Waals surface area contributed by atoms with Crippen LogP contribution in [0.15, 0.2) is 101 Å². The molecule has 6 nitrogen and oxygen atoms in total. The number of rotatable bonds is 5. The van der Waals surface area contributed by atoms with Crippen molar-refractivity contribution in [2.75, 3.05) is 0 Å². The van der Waals surface area contributed by atoms with Gasteiger partial charge in [-0.25, -0.2) is 5.43 Å². The zero-order chi connectivity index (χ0) is 25.4. The molecule has 0 radical (unpaired) electrons. The maximum Gasteiger partial charge on any atom is 0.307 e. The molecule has 4 aromatic carbocycles. The van der Waals surface area contributed by atoms with Crippen LogP contribution in [-0.2, 0) is 6.54 Å². The van der Waals surface area contributed by atoms with Crippen LogP contribution in [0.1, 0.15) is 32.9 Å². The third-order valence-electron chi connectivity index (χ3n) is 6.76. The van der Waals surface area contributed by atoms with Crippen molar-refractivity contribution in [2.24, 2.45) is 5.10 Å². The first kappa shape index (κ1) is 22.3. The molecule has 0 atom stereocenters. The first-order valence-corrected chi connectivity index (χ1v) is 11.9. The van der Waals surface area contributed by atoms with Crippen LogP contribution in [0.4, 0.5) is 0 Å². The number of carbonyl (C=O) groups excluding carboxylic acids is 1. The van der Waals surface area contributed by atoms with E-state index in [1.54, 1.807) is 12.3 Å². The Labute approximate surface area is 213 Å². The molecule has 0 unspecified atom stereocenters. The number of benzene rings is 4. The molecule has 0 aliphatic rings. The molecule has 178 valence electrons. The van der Waals surface area contributed by atoms with Crippen molar-refractivity contribution in [3.05, 3.63) is 119 Å². The summed E-state index contributed by atoms with van der Waals surface area (Å²) in [5, 5.41) is 17.8. The van der Waals surface area contributed by atoms with E-state index in [0.29, 0.717) is 17.7 Å². The fourth-order valence-electron chi connectivity index (χ4n) is 4.88. The molecule has 0 bridgehead atoms. The second-order valence-corrected chi connectivity index (χ2v) is 8.88. The molecule has 6 aromatic rings. The minimum Gasteiger partial charge on any atom is -0.451 e. The van der Waals surface area contributed by atoms with E-state index in [2.05, 4.69) is 21.2 Å². The van der Waals surface area contributed by atoms with Crippen molar-refractivity contribution in [3.8, 4) is 6.07 Å². The number of furan rings is 1. The number of amides is 1.